The number of benzene rings is 1. The lowest BCUT2D eigenvalue weighted by molar-refractivity contribution is 0.103. The van der Waals surface area contributed by atoms with Gasteiger partial charge in [0, 0.05) is 12.8 Å². The van der Waals surface area contributed by atoms with Crippen LogP contribution in [0.1, 0.15) is 9.67 Å². The highest BCUT2D eigenvalue weighted by atomic mass is 32.1. The number of furan rings is 1. The van der Waals surface area contributed by atoms with Crippen LogP contribution in [0.3, 0.4) is 0 Å². The number of nitrogens with zero attached hydrogens (tertiary/aromatic N) is 3. The van der Waals surface area contributed by atoms with Crippen molar-refractivity contribution >= 4 is 22.9 Å². The van der Waals surface area contributed by atoms with Gasteiger partial charge in [-0.1, -0.05) is 6.07 Å². The largest absolute Gasteiger partial charge is 0.461 e. The molecular formula is C20H18N4O4S. The van der Waals surface area contributed by atoms with Gasteiger partial charge in [-0.25, -0.2) is 4.68 Å². The first-order valence-corrected chi connectivity index (χ1v) is 9.70. The molecule has 0 unspecified atom stereocenters. The highest BCUT2D eigenvalue weighted by Crippen LogP contribution is 2.25. The highest BCUT2D eigenvalue weighted by molar-refractivity contribution is 7.12. The van der Waals surface area contributed by atoms with Crippen molar-refractivity contribution in [3.63, 3.8) is 0 Å². The Morgan fingerprint density at radius 1 is 1.17 bits per heavy atom. The Morgan fingerprint density at radius 3 is 2.72 bits per heavy atom. The lowest BCUT2D eigenvalue weighted by Crippen LogP contribution is -2.10. The summed E-state index contributed by atoms with van der Waals surface area (Å²) >= 11 is 1.39. The summed E-state index contributed by atoms with van der Waals surface area (Å²) in [5.74, 6) is 0.936. The first-order valence-electron chi connectivity index (χ1n) is 8.82. The minimum atomic E-state index is -0.140. The maximum Gasteiger partial charge on any atom is 0.336 e. The van der Waals surface area contributed by atoms with Gasteiger partial charge in [0.2, 0.25) is 5.82 Å². The summed E-state index contributed by atoms with van der Waals surface area (Å²) in [7, 11) is 1.60. The number of ether oxygens (including phenoxy) is 2. The third-order valence-corrected chi connectivity index (χ3v) is 4.83. The van der Waals surface area contributed by atoms with Gasteiger partial charge in [0.25, 0.3) is 5.91 Å². The van der Waals surface area contributed by atoms with Crippen molar-refractivity contribution in [2.45, 2.75) is 0 Å². The number of thiophene rings is 1. The number of anilines is 1. The fourth-order valence-electron chi connectivity index (χ4n) is 2.60. The van der Waals surface area contributed by atoms with Crippen LogP contribution < -0.4 is 10.1 Å². The molecule has 0 aliphatic carbocycles. The Bertz CT molecular complexity index is 1060. The van der Waals surface area contributed by atoms with Crippen LogP contribution in [0.4, 0.5) is 5.69 Å². The van der Waals surface area contributed by atoms with E-state index in [2.05, 4.69) is 15.4 Å². The van der Waals surface area contributed by atoms with Gasteiger partial charge in [-0.05, 0) is 47.8 Å². The summed E-state index contributed by atoms with van der Waals surface area (Å²) in [6.45, 7) is 0.773. The zero-order valence-corrected chi connectivity index (χ0v) is 16.4. The molecule has 0 saturated carbocycles. The van der Waals surface area contributed by atoms with Gasteiger partial charge in [0.05, 0.1) is 23.4 Å². The standard InChI is InChI=1S/C20H18N4O4S/c1-26-11-12-28-20-22-18(16-4-2-10-27-16)24(23-20)15-8-6-14(7-9-15)21-19(25)17-5-3-13-29-17/h2-10,13H,11-12H2,1H3,(H,21,25). The summed E-state index contributed by atoms with van der Waals surface area (Å²) in [5, 5.41) is 9.16. The number of amides is 1. The third-order valence-electron chi connectivity index (χ3n) is 3.96. The Balaban J connectivity index is 1.57. The lowest BCUT2D eigenvalue weighted by atomic mass is 10.2. The first-order chi connectivity index (χ1) is 14.2. The molecule has 0 spiro atoms. The van der Waals surface area contributed by atoms with Crippen molar-refractivity contribution in [3.05, 3.63) is 65.1 Å². The Hall–Kier alpha value is -3.43. The molecule has 29 heavy (non-hydrogen) atoms. The van der Waals surface area contributed by atoms with E-state index < -0.39 is 0 Å². The normalized spacial score (nSPS) is 10.8. The molecule has 0 radical (unpaired) electrons. The first kappa shape index (κ1) is 18.9. The van der Waals surface area contributed by atoms with Crippen LogP contribution in [0.5, 0.6) is 6.01 Å². The SMILES string of the molecule is COCCOc1nc(-c2ccco2)n(-c2ccc(NC(=O)c3cccs3)cc2)n1. The molecule has 1 N–H and O–H groups in total. The molecule has 9 heteroatoms. The average molecular weight is 410 g/mol. The third kappa shape index (κ3) is 4.36. The molecular weight excluding hydrogens is 392 g/mol. The fourth-order valence-corrected chi connectivity index (χ4v) is 3.22. The van der Waals surface area contributed by atoms with Crippen molar-refractivity contribution in [1.29, 1.82) is 0 Å². The molecule has 8 nitrogen and oxygen atoms in total. The summed E-state index contributed by atoms with van der Waals surface area (Å²) in [4.78, 5) is 17.3. The van der Waals surface area contributed by atoms with E-state index in [0.29, 0.717) is 35.4 Å². The second-order valence-electron chi connectivity index (χ2n) is 5.93. The summed E-state index contributed by atoms with van der Waals surface area (Å²) in [6, 6.07) is 14.7. The van der Waals surface area contributed by atoms with E-state index in [1.807, 2.05) is 23.6 Å². The Kier molecular flexibility index (Phi) is 5.68. The second-order valence-corrected chi connectivity index (χ2v) is 6.87. The monoisotopic (exact) mass is 410 g/mol. The molecule has 0 aliphatic heterocycles. The molecule has 0 fully saturated rings. The molecule has 0 aliphatic rings. The van der Waals surface area contributed by atoms with Gasteiger partial charge < -0.3 is 19.2 Å². The minimum absolute atomic E-state index is 0.140. The number of nitrogens with one attached hydrogen (secondary N) is 1. The quantitative estimate of drug-likeness (QED) is 0.444. The van der Waals surface area contributed by atoms with Crippen LogP contribution in [0.2, 0.25) is 0 Å². The van der Waals surface area contributed by atoms with Crippen LogP contribution in [0.25, 0.3) is 17.3 Å². The van der Waals surface area contributed by atoms with E-state index in [0.717, 1.165) is 5.69 Å². The molecule has 0 atom stereocenters. The van der Waals surface area contributed by atoms with Gasteiger partial charge in [-0.2, -0.15) is 4.98 Å². The Morgan fingerprint density at radius 2 is 2.03 bits per heavy atom. The molecule has 0 bridgehead atoms. The Labute approximate surface area is 170 Å². The molecule has 148 valence electrons. The summed E-state index contributed by atoms with van der Waals surface area (Å²) in [6.07, 6.45) is 1.57. The van der Waals surface area contributed by atoms with Crippen molar-refractivity contribution in [2.24, 2.45) is 0 Å². The summed E-state index contributed by atoms with van der Waals surface area (Å²) in [5.41, 5.74) is 1.43. The van der Waals surface area contributed by atoms with Gasteiger partial charge in [-0.3, -0.25) is 4.79 Å². The number of hydrogen-bond acceptors (Lipinski definition) is 7. The zero-order valence-electron chi connectivity index (χ0n) is 15.6. The van der Waals surface area contributed by atoms with Gasteiger partial charge in [0.1, 0.15) is 6.61 Å². The predicted molar refractivity (Wildman–Crippen MR) is 109 cm³/mol. The number of rotatable bonds is 8. The van der Waals surface area contributed by atoms with E-state index in [9.17, 15) is 4.79 Å². The summed E-state index contributed by atoms with van der Waals surface area (Å²) < 4.78 is 17.6. The van der Waals surface area contributed by atoms with E-state index in [-0.39, 0.29) is 11.9 Å². The smallest absolute Gasteiger partial charge is 0.336 e. The van der Waals surface area contributed by atoms with Crippen molar-refractivity contribution < 1.29 is 18.7 Å². The molecule has 3 aromatic heterocycles. The van der Waals surface area contributed by atoms with Crippen LogP contribution in [0.15, 0.2) is 64.6 Å². The molecule has 1 amide bonds. The van der Waals surface area contributed by atoms with E-state index in [4.69, 9.17) is 13.9 Å². The van der Waals surface area contributed by atoms with Crippen LogP contribution in [-0.4, -0.2) is 41.0 Å². The predicted octanol–water partition coefficient (Wildman–Crippen LogP) is 3.87. The highest BCUT2D eigenvalue weighted by Gasteiger charge is 2.17. The molecule has 4 aromatic rings. The second kappa shape index (κ2) is 8.72. The van der Waals surface area contributed by atoms with Crippen LogP contribution in [-0.2, 0) is 4.74 Å². The van der Waals surface area contributed by atoms with Crippen molar-refractivity contribution in [1.82, 2.24) is 14.8 Å². The molecule has 0 saturated heterocycles. The number of methoxy groups -OCH3 is 1. The molecule has 4 rings (SSSR count). The number of aromatic nitrogens is 3. The fraction of sp³-hybridized carbons (Fsp3) is 0.150. The van der Waals surface area contributed by atoms with E-state index in [1.54, 1.807) is 48.4 Å². The van der Waals surface area contributed by atoms with Gasteiger partial charge in [-0.15, -0.1) is 16.4 Å². The van der Waals surface area contributed by atoms with E-state index in [1.165, 1.54) is 11.3 Å². The molecule has 1 aromatic carbocycles. The maximum absolute atomic E-state index is 12.2. The lowest BCUT2D eigenvalue weighted by Gasteiger charge is -2.07. The maximum atomic E-state index is 12.2. The number of hydrogen-bond donors (Lipinski definition) is 1. The van der Waals surface area contributed by atoms with Crippen molar-refractivity contribution in [3.8, 4) is 23.3 Å². The minimum Gasteiger partial charge on any atom is -0.461 e. The number of carbonyl (C=O) groups excluding carboxylic acids is 1. The van der Waals surface area contributed by atoms with Gasteiger partial charge in [0.15, 0.2) is 5.76 Å². The van der Waals surface area contributed by atoms with Crippen molar-refractivity contribution in [2.75, 3.05) is 25.6 Å². The van der Waals surface area contributed by atoms with Gasteiger partial charge >= 0.3 is 6.01 Å². The van der Waals surface area contributed by atoms with Crippen LogP contribution in [0, 0.1) is 0 Å². The number of carbonyl (C=O) groups is 1. The average Bonchev–Trinajstić information content (AvgIpc) is 3.49. The van der Waals surface area contributed by atoms with E-state index >= 15 is 0 Å². The topological polar surface area (TPSA) is 91.4 Å². The van der Waals surface area contributed by atoms with Crippen LogP contribution >= 0.6 is 11.3 Å². The molecule has 3 heterocycles. The zero-order chi connectivity index (χ0) is 20.1.